The summed E-state index contributed by atoms with van der Waals surface area (Å²) in [5.41, 5.74) is 0. The van der Waals surface area contributed by atoms with Crippen molar-refractivity contribution in [1.29, 1.82) is 0 Å². The smallest absolute Gasteiger partial charge is 0.132 e. The molecular formula is C9H14BrN3S. The third kappa shape index (κ3) is 3.46. The third-order valence-corrected chi connectivity index (χ3v) is 2.68. The molecule has 14 heavy (non-hydrogen) atoms. The Morgan fingerprint density at radius 2 is 2.29 bits per heavy atom. The van der Waals surface area contributed by atoms with Gasteiger partial charge in [0.15, 0.2) is 0 Å². The maximum Gasteiger partial charge on any atom is 0.132 e. The molecule has 0 spiro atoms. The van der Waals surface area contributed by atoms with Gasteiger partial charge >= 0.3 is 0 Å². The molecule has 1 rings (SSSR count). The van der Waals surface area contributed by atoms with Crippen molar-refractivity contribution in [3.63, 3.8) is 0 Å². The zero-order valence-electron chi connectivity index (χ0n) is 8.57. The maximum atomic E-state index is 4.22. The van der Waals surface area contributed by atoms with Gasteiger partial charge in [0.05, 0.1) is 0 Å². The number of thioether (sulfide) groups is 1. The second kappa shape index (κ2) is 5.56. The molecule has 1 aromatic heterocycles. The van der Waals surface area contributed by atoms with E-state index in [0.717, 1.165) is 17.4 Å². The molecule has 5 heteroatoms. The van der Waals surface area contributed by atoms with Crippen LogP contribution in [0.4, 0.5) is 5.82 Å². The van der Waals surface area contributed by atoms with E-state index < -0.39 is 0 Å². The predicted molar refractivity (Wildman–Crippen MR) is 65.5 cm³/mol. The second-order valence-electron chi connectivity index (χ2n) is 3.08. The molecule has 0 aliphatic rings. The van der Waals surface area contributed by atoms with Crippen molar-refractivity contribution < 1.29 is 0 Å². The zero-order valence-corrected chi connectivity index (χ0v) is 11.0. The Morgan fingerprint density at radius 3 is 2.86 bits per heavy atom. The molecule has 3 nitrogen and oxygen atoms in total. The Hall–Kier alpha value is -0.290. The van der Waals surface area contributed by atoms with Crippen LogP contribution in [0.5, 0.6) is 0 Å². The monoisotopic (exact) mass is 275 g/mol. The van der Waals surface area contributed by atoms with Crippen LogP contribution in [0.3, 0.4) is 0 Å². The summed E-state index contributed by atoms with van der Waals surface area (Å²) in [6.45, 7) is 3.05. The molecule has 1 aromatic rings. The molecular weight excluding hydrogens is 262 g/mol. The largest absolute Gasteiger partial charge is 0.358 e. The van der Waals surface area contributed by atoms with Crippen LogP contribution in [-0.2, 0) is 0 Å². The third-order valence-electron chi connectivity index (χ3n) is 1.75. The minimum atomic E-state index is 0.459. The fourth-order valence-corrected chi connectivity index (χ4v) is 1.93. The van der Waals surface area contributed by atoms with Gasteiger partial charge < -0.3 is 4.90 Å². The Morgan fingerprint density at radius 1 is 1.57 bits per heavy atom. The zero-order chi connectivity index (χ0) is 10.6. The van der Waals surface area contributed by atoms with Crippen LogP contribution in [0.25, 0.3) is 0 Å². The van der Waals surface area contributed by atoms with Gasteiger partial charge in [-0.15, -0.1) is 11.8 Å². The number of alkyl halides is 1. The summed E-state index contributed by atoms with van der Waals surface area (Å²) in [6, 6.07) is 2.00. The summed E-state index contributed by atoms with van der Waals surface area (Å²) in [5, 5.41) is 1.00. The molecule has 0 aliphatic carbocycles. The molecule has 0 fully saturated rings. The summed E-state index contributed by atoms with van der Waals surface area (Å²) in [7, 11) is 2.03. The highest BCUT2D eigenvalue weighted by Gasteiger charge is 2.06. The summed E-state index contributed by atoms with van der Waals surface area (Å²) in [4.78, 5) is 10.9. The maximum absolute atomic E-state index is 4.22. The molecule has 0 radical (unpaired) electrons. The standard InChI is InChI=1S/C9H14BrN3S/c1-7(10)5-13(2)8-4-9(14-3)12-6-11-8/h4,6-7H,5H2,1-3H3. The van der Waals surface area contributed by atoms with E-state index in [1.165, 1.54) is 0 Å². The highest BCUT2D eigenvalue weighted by molar-refractivity contribution is 9.09. The van der Waals surface area contributed by atoms with Crippen molar-refractivity contribution in [3.05, 3.63) is 12.4 Å². The van der Waals surface area contributed by atoms with Crippen LogP contribution < -0.4 is 4.90 Å². The molecule has 1 unspecified atom stereocenters. The van der Waals surface area contributed by atoms with Gasteiger partial charge in [-0.25, -0.2) is 9.97 Å². The Balaban J connectivity index is 2.73. The van der Waals surface area contributed by atoms with Gasteiger partial charge in [0, 0.05) is 24.5 Å². The molecule has 0 aromatic carbocycles. The van der Waals surface area contributed by atoms with E-state index in [1.54, 1.807) is 18.1 Å². The van der Waals surface area contributed by atoms with Crippen molar-refractivity contribution in [3.8, 4) is 0 Å². The van der Waals surface area contributed by atoms with Gasteiger partial charge in [-0.2, -0.15) is 0 Å². The van der Waals surface area contributed by atoms with E-state index >= 15 is 0 Å². The average molecular weight is 276 g/mol. The minimum Gasteiger partial charge on any atom is -0.358 e. The number of anilines is 1. The van der Waals surface area contributed by atoms with Crippen molar-refractivity contribution >= 4 is 33.5 Å². The fraction of sp³-hybridized carbons (Fsp3) is 0.556. The van der Waals surface area contributed by atoms with Crippen LogP contribution in [-0.4, -0.2) is 34.6 Å². The number of rotatable bonds is 4. The summed E-state index contributed by atoms with van der Waals surface area (Å²) >= 11 is 5.15. The summed E-state index contributed by atoms with van der Waals surface area (Å²) in [5.74, 6) is 0.968. The number of hydrogen-bond acceptors (Lipinski definition) is 4. The molecule has 0 amide bonds. The van der Waals surface area contributed by atoms with E-state index in [2.05, 4.69) is 37.7 Å². The lowest BCUT2D eigenvalue weighted by atomic mass is 10.4. The highest BCUT2D eigenvalue weighted by atomic mass is 79.9. The molecule has 0 saturated heterocycles. The molecule has 0 N–H and O–H groups in total. The van der Waals surface area contributed by atoms with Gasteiger partial charge in [0.1, 0.15) is 17.2 Å². The Bertz CT molecular complexity index is 293. The van der Waals surface area contributed by atoms with Crippen LogP contribution in [0.2, 0.25) is 0 Å². The summed E-state index contributed by atoms with van der Waals surface area (Å²) < 4.78 is 0. The predicted octanol–water partition coefficient (Wildman–Crippen LogP) is 2.42. The van der Waals surface area contributed by atoms with Gasteiger partial charge in [-0.1, -0.05) is 22.9 Å². The van der Waals surface area contributed by atoms with Gasteiger partial charge in [0.2, 0.25) is 0 Å². The minimum absolute atomic E-state index is 0.459. The molecule has 0 aliphatic heterocycles. The first kappa shape index (κ1) is 11.8. The van der Waals surface area contributed by atoms with E-state index in [0.29, 0.717) is 4.83 Å². The first-order chi connectivity index (χ1) is 6.63. The van der Waals surface area contributed by atoms with E-state index in [4.69, 9.17) is 0 Å². The molecule has 0 saturated carbocycles. The number of hydrogen-bond donors (Lipinski definition) is 0. The first-order valence-corrected chi connectivity index (χ1v) is 6.48. The number of nitrogens with zero attached hydrogens (tertiary/aromatic N) is 3. The fourth-order valence-electron chi connectivity index (χ4n) is 1.12. The van der Waals surface area contributed by atoms with Gasteiger partial charge in [-0.3, -0.25) is 0 Å². The van der Waals surface area contributed by atoms with Crippen molar-refractivity contribution in [2.45, 2.75) is 16.8 Å². The molecule has 1 heterocycles. The van der Waals surface area contributed by atoms with Crippen LogP contribution in [0.15, 0.2) is 17.4 Å². The van der Waals surface area contributed by atoms with Crippen molar-refractivity contribution in [1.82, 2.24) is 9.97 Å². The molecule has 78 valence electrons. The van der Waals surface area contributed by atoms with Crippen LogP contribution in [0.1, 0.15) is 6.92 Å². The normalized spacial score (nSPS) is 12.6. The average Bonchev–Trinajstić information content (AvgIpc) is 2.17. The Kier molecular flexibility index (Phi) is 4.68. The Labute approximate surface area is 97.4 Å². The van der Waals surface area contributed by atoms with Crippen LogP contribution >= 0.6 is 27.7 Å². The van der Waals surface area contributed by atoms with Crippen molar-refractivity contribution in [2.24, 2.45) is 0 Å². The van der Waals surface area contributed by atoms with Gasteiger partial charge in [0.25, 0.3) is 0 Å². The van der Waals surface area contributed by atoms with Crippen molar-refractivity contribution in [2.75, 3.05) is 24.7 Å². The SMILES string of the molecule is CSc1cc(N(C)CC(C)Br)ncn1. The molecule has 0 bridgehead atoms. The quantitative estimate of drug-likeness (QED) is 0.480. The second-order valence-corrected chi connectivity index (χ2v) is 5.47. The lowest BCUT2D eigenvalue weighted by molar-refractivity contribution is 0.848. The van der Waals surface area contributed by atoms with Crippen LogP contribution in [0, 0.1) is 0 Å². The lowest BCUT2D eigenvalue weighted by Gasteiger charge is -2.19. The van der Waals surface area contributed by atoms with E-state index in [1.807, 2.05) is 19.4 Å². The first-order valence-electron chi connectivity index (χ1n) is 4.34. The topological polar surface area (TPSA) is 29.0 Å². The van der Waals surface area contributed by atoms with Gasteiger partial charge in [-0.05, 0) is 6.26 Å². The van der Waals surface area contributed by atoms with E-state index in [9.17, 15) is 0 Å². The van der Waals surface area contributed by atoms with E-state index in [-0.39, 0.29) is 0 Å². The number of aromatic nitrogens is 2. The summed E-state index contributed by atoms with van der Waals surface area (Å²) in [6.07, 6.45) is 3.62. The number of halogens is 1. The molecule has 1 atom stereocenters. The highest BCUT2D eigenvalue weighted by Crippen LogP contribution is 2.17. The lowest BCUT2D eigenvalue weighted by Crippen LogP contribution is -2.24.